The van der Waals surface area contributed by atoms with Gasteiger partial charge in [0.2, 0.25) is 5.91 Å². The van der Waals surface area contributed by atoms with Crippen molar-refractivity contribution in [1.82, 2.24) is 5.32 Å². The highest BCUT2D eigenvalue weighted by Crippen LogP contribution is 2.12. The maximum absolute atomic E-state index is 11.7. The molecule has 1 amide bonds. The average molecular weight is 278 g/mol. The molecule has 1 rings (SSSR count). The number of aryl methyl sites for hydroxylation is 1. The van der Waals surface area contributed by atoms with E-state index in [1.165, 1.54) is 24.8 Å². The summed E-state index contributed by atoms with van der Waals surface area (Å²) in [5, 5.41) is 5.89. The van der Waals surface area contributed by atoms with Crippen molar-refractivity contribution in [3.63, 3.8) is 0 Å². The van der Waals surface area contributed by atoms with Crippen LogP contribution in [0.15, 0.2) is 24.3 Å². The van der Waals surface area contributed by atoms with E-state index < -0.39 is 0 Å². The van der Waals surface area contributed by atoms with Gasteiger partial charge < -0.3 is 15.4 Å². The Morgan fingerprint density at radius 3 is 2.60 bits per heavy atom. The van der Waals surface area contributed by atoms with Gasteiger partial charge in [-0.2, -0.15) is 0 Å². The molecule has 20 heavy (non-hydrogen) atoms. The lowest BCUT2D eigenvalue weighted by molar-refractivity contribution is -0.115. The Morgan fingerprint density at radius 2 is 1.95 bits per heavy atom. The summed E-state index contributed by atoms with van der Waals surface area (Å²) in [5.74, 6) is -0.0279. The summed E-state index contributed by atoms with van der Waals surface area (Å²) in [4.78, 5) is 11.7. The first kappa shape index (κ1) is 16.7. The fraction of sp³-hybridized carbons (Fsp3) is 0.562. The van der Waals surface area contributed by atoms with Crippen LogP contribution in [0.4, 0.5) is 5.69 Å². The Balaban J connectivity index is 2.27. The fourth-order valence-electron chi connectivity index (χ4n) is 1.92. The van der Waals surface area contributed by atoms with Gasteiger partial charge in [0.05, 0.1) is 13.2 Å². The molecule has 0 atom stereocenters. The molecule has 0 heterocycles. The number of ether oxygens (including phenoxy) is 1. The molecular formula is C16H26N2O2. The van der Waals surface area contributed by atoms with Crippen LogP contribution < -0.4 is 10.6 Å². The molecule has 2 N–H and O–H groups in total. The molecule has 0 saturated carbocycles. The summed E-state index contributed by atoms with van der Waals surface area (Å²) in [7, 11) is 1.64. The van der Waals surface area contributed by atoms with Crippen LogP contribution in [-0.2, 0) is 16.0 Å². The van der Waals surface area contributed by atoms with Crippen LogP contribution in [0.1, 0.15) is 31.7 Å². The molecule has 0 aliphatic rings. The number of hydrogen-bond acceptors (Lipinski definition) is 3. The molecule has 0 fully saturated rings. The summed E-state index contributed by atoms with van der Waals surface area (Å²) >= 11 is 0. The quantitative estimate of drug-likeness (QED) is 0.647. The smallest absolute Gasteiger partial charge is 0.238 e. The predicted molar refractivity (Wildman–Crippen MR) is 83.0 cm³/mol. The summed E-state index contributed by atoms with van der Waals surface area (Å²) in [6, 6.07) is 8.11. The zero-order valence-electron chi connectivity index (χ0n) is 12.6. The number of nitrogens with one attached hydrogen (secondary N) is 2. The summed E-state index contributed by atoms with van der Waals surface area (Å²) in [5.41, 5.74) is 2.18. The van der Waals surface area contributed by atoms with Gasteiger partial charge >= 0.3 is 0 Å². The Bertz CT molecular complexity index is 377. The monoisotopic (exact) mass is 278 g/mol. The standard InChI is InChI=1S/C16H26N2O2/c1-3-4-5-6-14-7-9-15(10-8-14)18-16(19)13-17-11-12-20-2/h7-10,17H,3-6,11-13H2,1-2H3,(H,18,19). The van der Waals surface area contributed by atoms with Gasteiger partial charge in [-0.05, 0) is 30.5 Å². The van der Waals surface area contributed by atoms with Crippen molar-refractivity contribution in [2.75, 3.05) is 32.1 Å². The number of unbranched alkanes of at least 4 members (excludes halogenated alkanes) is 2. The predicted octanol–water partition coefficient (Wildman–Crippen LogP) is 2.59. The van der Waals surface area contributed by atoms with E-state index >= 15 is 0 Å². The Labute approximate surface area is 121 Å². The van der Waals surface area contributed by atoms with Gasteiger partial charge in [0.15, 0.2) is 0 Å². The molecular weight excluding hydrogens is 252 g/mol. The van der Waals surface area contributed by atoms with Crippen molar-refractivity contribution in [3.05, 3.63) is 29.8 Å². The van der Waals surface area contributed by atoms with Crippen LogP contribution in [0.25, 0.3) is 0 Å². The Morgan fingerprint density at radius 1 is 1.20 bits per heavy atom. The third kappa shape index (κ3) is 7.26. The lowest BCUT2D eigenvalue weighted by atomic mass is 10.1. The normalized spacial score (nSPS) is 10.5. The van der Waals surface area contributed by atoms with E-state index in [4.69, 9.17) is 4.74 Å². The van der Waals surface area contributed by atoms with E-state index in [0.717, 1.165) is 12.1 Å². The molecule has 112 valence electrons. The van der Waals surface area contributed by atoms with Gasteiger partial charge in [-0.15, -0.1) is 0 Å². The fourth-order valence-corrected chi connectivity index (χ4v) is 1.92. The van der Waals surface area contributed by atoms with Crippen molar-refractivity contribution >= 4 is 11.6 Å². The number of hydrogen-bond donors (Lipinski definition) is 2. The average Bonchev–Trinajstić information content (AvgIpc) is 2.46. The van der Waals surface area contributed by atoms with Gasteiger partial charge in [-0.1, -0.05) is 31.9 Å². The number of amides is 1. The van der Waals surface area contributed by atoms with E-state index in [2.05, 4.69) is 29.7 Å². The third-order valence-electron chi connectivity index (χ3n) is 3.08. The van der Waals surface area contributed by atoms with E-state index in [9.17, 15) is 4.79 Å². The third-order valence-corrected chi connectivity index (χ3v) is 3.08. The van der Waals surface area contributed by atoms with E-state index in [1.54, 1.807) is 7.11 Å². The van der Waals surface area contributed by atoms with Gasteiger partial charge in [0.1, 0.15) is 0 Å². The minimum absolute atomic E-state index is 0.0279. The van der Waals surface area contributed by atoms with Crippen molar-refractivity contribution in [2.24, 2.45) is 0 Å². The molecule has 0 unspecified atom stereocenters. The molecule has 0 aliphatic heterocycles. The highest BCUT2D eigenvalue weighted by Gasteiger charge is 2.01. The van der Waals surface area contributed by atoms with Crippen LogP contribution >= 0.6 is 0 Å². The SMILES string of the molecule is CCCCCc1ccc(NC(=O)CNCCOC)cc1. The molecule has 1 aromatic carbocycles. The topological polar surface area (TPSA) is 50.4 Å². The summed E-state index contributed by atoms with van der Waals surface area (Å²) < 4.78 is 4.90. The van der Waals surface area contributed by atoms with Crippen molar-refractivity contribution in [2.45, 2.75) is 32.6 Å². The molecule has 0 spiro atoms. The van der Waals surface area contributed by atoms with Gasteiger partial charge in [-0.3, -0.25) is 4.79 Å². The summed E-state index contributed by atoms with van der Waals surface area (Å²) in [6.07, 6.45) is 4.85. The zero-order chi connectivity index (χ0) is 14.6. The molecule has 0 aliphatic carbocycles. The maximum Gasteiger partial charge on any atom is 0.238 e. The second kappa shape index (κ2) is 10.4. The number of benzene rings is 1. The van der Waals surface area contributed by atoms with Crippen molar-refractivity contribution < 1.29 is 9.53 Å². The van der Waals surface area contributed by atoms with Crippen LogP contribution in [0.3, 0.4) is 0 Å². The molecule has 1 aromatic rings. The van der Waals surface area contributed by atoms with Crippen LogP contribution in [-0.4, -0.2) is 32.7 Å². The second-order valence-corrected chi connectivity index (χ2v) is 4.87. The number of rotatable bonds is 10. The first-order valence-corrected chi connectivity index (χ1v) is 7.34. The van der Waals surface area contributed by atoms with Gasteiger partial charge in [-0.25, -0.2) is 0 Å². The zero-order valence-corrected chi connectivity index (χ0v) is 12.6. The molecule has 0 aromatic heterocycles. The lowest BCUT2D eigenvalue weighted by Gasteiger charge is -2.07. The Kier molecular flexibility index (Phi) is 8.67. The summed E-state index contributed by atoms with van der Waals surface area (Å²) in [6.45, 7) is 3.81. The molecule has 0 radical (unpaired) electrons. The highest BCUT2D eigenvalue weighted by atomic mass is 16.5. The Hall–Kier alpha value is -1.39. The van der Waals surface area contributed by atoms with E-state index in [1.807, 2.05) is 12.1 Å². The first-order chi connectivity index (χ1) is 9.76. The molecule has 4 heteroatoms. The van der Waals surface area contributed by atoms with Crippen molar-refractivity contribution in [3.8, 4) is 0 Å². The second-order valence-electron chi connectivity index (χ2n) is 4.87. The number of carbonyl (C=O) groups is 1. The number of methoxy groups -OCH3 is 1. The van der Waals surface area contributed by atoms with E-state index in [-0.39, 0.29) is 5.91 Å². The van der Waals surface area contributed by atoms with Crippen molar-refractivity contribution in [1.29, 1.82) is 0 Å². The number of anilines is 1. The molecule has 0 bridgehead atoms. The molecule has 0 saturated heterocycles. The van der Waals surface area contributed by atoms with Gasteiger partial charge in [0, 0.05) is 19.3 Å². The largest absolute Gasteiger partial charge is 0.383 e. The van der Waals surface area contributed by atoms with Crippen LogP contribution in [0, 0.1) is 0 Å². The van der Waals surface area contributed by atoms with Gasteiger partial charge in [0.25, 0.3) is 0 Å². The highest BCUT2D eigenvalue weighted by molar-refractivity contribution is 5.92. The lowest BCUT2D eigenvalue weighted by Crippen LogP contribution is -2.30. The van der Waals surface area contributed by atoms with E-state index in [0.29, 0.717) is 19.7 Å². The number of carbonyl (C=O) groups excluding carboxylic acids is 1. The maximum atomic E-state index is 11.7. The van der Waals surface area contributed by atoms with Crippen LogP contribution in [0.5, 0.6) is 0 Å². The minimum atomic E-state index is -0.0279. The van der Waals surface area contributed by atoms with Crippen LogP contribution in [0.2, 0.25) is 0 Å². The first-order valence-electron chi connectivity index (χ1n) is 7.34. The molecule has 4 nitrogen and oxygen atoms in total. The minimum Gasteiger partial charge on any atom is -0.383 e.